The number of carbonyl (C=O) groups is 1. The summed E-state index contributed by atoms with van der Waals surface area (Å²) in [5.41, 5.74) is 3.31. The number of ketones is 1. The molecule has 0 aliphatic heterocycles. The van der Waals surface area contributed by atoms with E-state index in [1.54, 1.807) is 0 Å². The summed E-state index contributed by atoms with van der Waals surface area (Å²) in [5, 5.41) is 4.33. The van der Waals surface area contributed by atoms with E-state index in [-0.39, 0.29) is 5.78 Å². The summed E-state index contributed by atoms with van der Waals surface area (Å²) in [7, 11) is 0. The lowest BCUT2D eigenvalue weighted by Crippen LogP contribution is -2.12. The van der Waals surface area contributed by atoms with Crippen LogP contribution in [0.2, 0.25) is 0 Å². The molecule has 0 radical (unpaired) electrons. The van der Waals surface area contributed by atoms with Gasteiger partial charge in [-0.25, -0.2) is 0 Å². The molecule has 0 bridgehead atoms. The van der Waals surface area contributed by atoms with E-state index in [2.05, 4.69) is 5.10 Å². The van der Waals surface area contributed by atoms with E-state index in [1.807, 2.05) is 32.4 Å². The fraction of sp³-hybridized carbons (Fsp3) is 0.636. The first-order valence-corrected chi connectivity index (χ1v) is 5.08. The lowest BCUT2D eigenvalue weighted by Gasteiger charge is -2.02. The van der Waals surface area contributed by atoms with Gasteiger partial charge in [-0.05, 0) is 32.8 Å². The number of hydrogen-bond donors (Lipinski definition) is 0. The Hall–Kier alpha value is -1.12. The highest BCUT2D eigenvalue weighted by atomic mass is 16.1. The lowest BCUT2D eigenvalue weighted by atomic mass is 10.2. The molecule has 0 aliphatic rings. The minimum atomic E-state index is 0.262. The molecule has 0 amide bonds. The van der Waals surface area contributed by atoms with Gasteiger partial charge in [0, 0.05) is 12.1 Å². The van der Waals surface area contributed by atoms with E-state index < -0.39 is 0 Å². The molecule has 0 aliphatic carbocycles. The van der Waals surface area contributed by atoms with Gasteiger partial charge in [0.1, 0.15) is 0 Å². The molecule has 0 saturated carbocycles. The van der Waals surface area contributed by atoms with Gasteiger partial charge < -0.3 is 0 Å². The van der Waals surface area contributed by atoms with Crippen LogP contribution >= 0.6 is 0 Å². The van der Waals surface area contributed by atoms with Crippen LogP contribution in [0.5, 0.6) is 0 Å². The maximum Gasteiger partial charge on any atom is 0.154 e. The van der Waals surface area contributed by atoms with Crippen LogP contribution < -0.4 is 0 Å². The van der Waals surface area contributed by atoms with Crippen molar-refractivity contribution < 1.29 is 4.79 Å². The van der Waals surface area contributed by atoms with Gasteiger partial charge in [-0.2, -0.15) is 5.10 Å². The first-order chi connectivity index (χ1) is 6.56. The highest BCUT2D eigenvalue weighted by Gasteiger charge is 2.09. The van der Waals surface area contributed by atoms with Crippen LogP contribution in [-0.2, 0) is 11.3 Å². The minimum absolute atomic E-state index is 0.262. The van der Waals surface area contributed by atoms with Crippen LogP contribution in [0.3, 0.4) is 0 Å². The molecule has 1 rings (SSSR count). The number of Topliss-reactive ketones (excluding diaryl/α,β-unsaturated/α-hetero) is 1. The van der Waals surface area contributed by atoms with E-state index in [1.165, 1.54) is 5.56 Å². The zero-order chi connectivity index (χ0) is 10.7. The van der Waals surface area contributed by atoms with E-state index in [4.69, 9.17) is 0 Å². The van der Waals surface area contributed by atoms with Gasteiger partial charge in [-0.1, -0.05) is 6.92 Å². The van der Waals surface area contributed by atoms with Crippen molar-refractivity contribution in [3.8, 4) is 0 Å². The predicted octanol–water partition coefficient (Wildman–Crippen LogP) is 2.18. The molecule has 0 fully saturated rings. The molecule has 0 N–H and O–H groups in total. The molecular formula is C11H18N2O. The maximum atomic E-state index is 11.4. The summed E-state index contributed by atoms with van der Waals surface area (Å²) in [6.07, 6.45) is 1.56. The lowest BCUT2D eigenvalue weighted by molar-refractivity contribution is -0.119. The molecule has 3 heteroatoms. The van der Waals surface area contributed by atoms with Crippen molar-refractivity contribution in [1.29, 1.82) is 0 Å². The Morgan fingerprint density at radius 3 is 2.43 bits per heavy atom. The highest BCUT2D eigenvalue weighted by molar-refractivity contribution is 5.78. The van der Waals surface area contributed by atoms with Crippen LogP contribution in [0.15, 0.2) is 0 Å². The van der Waals surface area contributed by atoms with Crippen molar-refractivity contribution in [2.24, 2.45) is 0 Å². The van der Waals surface area contributed by atoms with Crippen molar-refractivity contribution in [2.75, 3.05) is 0 Å². The number of aromatic nitrogens is 2. The third-order valence-electron chi connectivity index (χ3n) is 2.60. The summed E-state index contributed by atoms with van der Waals surface area (Å²) < 4.78 is 1.81. The zero-order valence-corrected chi connectivity index (χ0v) is 9.42. The Balaban J connectivity index is 2.77. The Labute approximate surface area is 85.1 Å². The standard InChI is InChI=1S/C11H18N2O/c1-5-6-11(14)7-13-10(4)8(2)9(3)12-13/h5-7H2,1-4H3. The summed E-state index contributed by atoms with van der Waals surface area (Å²) >= 11 is 0. The molecule has 14 heavy (non-hydrogen) atoms. The molecule has 0 spiro atoms. The second kappa shape index (κ2) is 4.40. The van der Waals surface area contributed by atoms with Gasteiger partial charge in [0.05, 0.1) is 12.2 Å². The van der Waals surface area contributed by atoms with Crippen molar-refractivity contribution in [3.63, 3.8) is 0 Å². The van der Waals surface area contributed by atoms with Crippen molar-refractivity contribution >= 4 is 5.78 Å². The predicted molar refractivity (Wildman–Crippen MR) is 56.4 cm³/mol. The molecule has 1 heterocycles. The van der Waals surface area contributed by atoms with Crippen LogP contribution in [0.4, 0.5) is 0 Å². The molecule has 0 aromatic carbocycles. The SMILES string of the molecule is CCCC(=O)Cn1nc(C)c(C)c1C. The smallest absolute Gasteiger partial charge is 0.154 e. The first-order valence-electron chi connectivity index (χ1n) is 5.08. The van der Waals surface area contributed by atoms with Gasteiger partial charge in [0.2, 0.25) is 0 Å². The molecule has 78 valence electrons. The number of hydrogen-bond acceptors (Lipinski definition) is 2. The quantitative estimate of drug-likeness (QED) is 0.736. The normalized spacial score (nSPS) is 10.6. The van der Waals surface area contributed by atoms with Gasteiger partial charge in [-0.15, -0.1) is 0 Å². The molecule has 0 saturated heterocycles. The molecule has 1 aromatic rings. The van der Waals surface area contributed by atoms with E-state index in [0.717, 1.165) is 17.8 Å². The molecule has 0 unspecified atom stereocenters. The molecular weight excluding hydrogens is 176 g/mol. The van der Waals surface area contributed by atoms with E-state index >= 15 is 0 Å². The number of rotatable bonds is 4. The topological polar surface area (TPSA) is 34.9 Å². The average Bonchev–Trinajstić information content (AvgIpc) is 2.34. The van der Waals surface area contributed by atoms with Crippen LogP contribution in [0.25, 0.3) is 0 Å². The summed E-state index contributed by atoms with van der Waals surface area (Å²) in [6.45, 7) is 8.47. The third kappa shape index (κ3) is 2.22. The molecule has 3 nitrogen and oxygen atoms in total. The Morgan fingerprint density at radius 1 is 1.36 bits per heavy atom. The fourth-order valence-corrected chi connectivity index (χ4v) is 1.47. The second-order valence-electron chi connectivity index (χ2n) is 3.74. The molecule has 1 aromatic heterocycles. The van der Waals surface area contributed by atoms with Gasteiger partial charge >= 0.3 is 0 Å². The van der Waals surface area contributed by atoms with Gasteiger partial charge in [0.15, 0.2) is 5.78 Å². The van der Waals surface area contributed by atoms with Gasteiger partial charge in [-0.3, -0.25) is 9.48 Å². The summed E-state index contributed by atoms with van der Waals surface area (Å²) in [5.74, 6) is 0.262. The first kappa shape index (κ1) is 11.0. The van der Waals surface area contributed by atoms with Crippen molar-refractivity contribution in [3.05, 3.63) is 17.0 Å². The Kier molecular flexibility index (Phi) is 3.44. The maximum absolute atomic E-state index is 11.4. The minimum Gasteiger partial charge on any atom is -0.298 e. The fourth-order valence-electron chi connectivity index (χ4n) is 1.47. The largest absolute Gasteiger partial charge is 0.298 e. The van der Waals surface area contributed by atoms with E-state index in [9.17, 15) is 4.79 Å². The zero-order valence-electron chi connectivity index (χ0n) is 9.42. The number of nitrogens with zero attached hydrogens (tertiary/aromatic N) is 2. The Bertz CT molecular complexity index is 339. The third-order valence-corrected chi connectivity index (χ3v) is 2.60. The van der Waals surface area contributed by atoms with Crippen LogP contribution in [0, 0.1) is 20.8 Å². The van der Waals surface area contributed by atoms with Crippen LogP contribution in [0.1, 0.15) is 36.7 Å². The van der Waals surface area contributed by atoms with Crippen molar-refractivity contribution in [2.45, 2.75) is 47.1 Å². The highest BCUT2D eigenvalue weighted by Crippen LogP contribution is 2.11. The van der Waals surface area contributed by atoms with Gasteiger partial charge in [0.25, 0.3) is 0 Å². The van der Waals surface area contributed by atoms with Crippen molar-refractivity contribution in [1.82, 2.24) is 9.78 Å². The molecule has 0 atom stereocenters. The monoisotopic (exact) mass is 194 g/mol. The second-order valence-corrected chi connectivity index (χ2v) is 3.74. The van der Waals surface area contributed by atoms with Crippen LogP contribution in [-0.4, -0.2) is 15.6 Å². The number of aryl methyl sites for hydroxylation is 1. The number of carbonyl (C=O) groups excluding carboxylic acids is 1. The average molecular weight is 194 g/mol. The Morgan fingerprint density at radius 2 is 2.00 bits per heavy atom. The van der Waals surface area contributed by atoms with E-state index in [0.29, 0.717) is 13.0 Å². The summed E-state index contributed by atoms with van der Waals surface area (Å²) in [4.78, 5) is 11.4. The summed E-state index contributed by atoms with van der Waals surface area (Å²) in [6, 6.07) is 0.